The Bertz CT molecular complexity index is 1120. The maximum Gasteiger partial charge on any atom is 0.137 e. The summed E-state index contributed by atoms with van der Waals surface area (Å²) >= 11 is 1.75. The van der Waals surface area contributed by atoms with E-state index in [9.17, 15) is 0 Å². The fraction of sp³-hybridized carbons (Fsp3) is 0.182. The SMILES string of the molecule is CN1Cc2c(ccc(-c3cnccn3)c2F)C(c2ccc3ccsc3c2)C1. The summed E-state index contributed by atoms with van der Waals surface area (Å²) in [5.41, 5.74) is 4.17. The molecule has 0 N–H and O–H groups in total. The number of hydrogen-bond donors (Lipinski definition) is 0. The van der Waals surface area contributed by atoms with E-state index in [2.05, 4.69) is 50.6 Å². The van der Waals surface area contributed by atoms with Crippen molar-refractivity contribution in [3.05, 3.63) is 82.9 Å². The molecule has 0 amide bonds. The average molecular weight is 375 g/mol. The zero-order chi connectivity index (χ0) is 18.4. The highest BCUT2D eigenvalue weighted by atomic mass is 32.1. The molecular formula is C22H18FN3S. The summed E-state index contributed by atoms with van der Waals surface area (Å²) in [5, 5.41) is 3.37. The standard InChI is InChI=1S/C22H18FN3S/c1-26-12-18(15-3-2-14-6-9-27-21(14)10-15)16-4-5-17(22(23)19(16)13-26)20-11-24-7-8-25-20/h2-11,18H,12-13H2,1H3. The smallest absolute Gasteiger partial charge is 0.137 e. The van der Waals surface area contributed by atoms with Gasteiger partial charge in [0.2, 0.25) is 0 Å². The van der Waals surface area contributed by atoms with E-state index in [0.717, 1.165) is 17.7 Å². The molecule has 2 aromatic carbocycles. The van der Waals surface area contributed by atoms with Crippen molar-refractivity contribution < 1.29 is 4.39 Å². The maximum atomic E-state index is 15.4. The molecule has 0 fully saturated rings. The van der Waals surface area contributed by atoms with Gasteiger partial charge >= 0.3 is 0 Å². The monoisotopic (exact) mass is 375 g/mol. The lowest BCUT2D eigenvalue weighted by Crippen LogP contribution is -2.31. The van der Waals surface area contributed by atoms with Crippen LogP contribution in [0.15, 0.2) is 60.4 Å². The van der Waals surface area contributed by atoms with Gasteiger partial charge in [0.05, 0.1) is 11.9 Å². The van der Waals surface area contributed by atoms with Crippen LogP contribution in [-0.4, -0.2) is 28.5 Å². The summed E-state index contributed by atoms with van der Waals surface area (Å²) in [5.74, 6) is -0.0163. The summed E-state index contributed by atoms with van der Waals surface area (Å²) in [6, 6.07) is 12.6. The Morgan fingerprint density at radius 2 is 2.07 bits per heavy atom. The van der Waals surface area contributed by atoms with E-state index >= 15 is 4.39 Å². The predicted molar refractivity (Wildman–Crippen MR) is 107 cm³/mol. The Morgan fingerprint density at radius 1 is 1.15 bits per heavy atom. The van der Waals surface area contributed by atoms with Crippen LogP contribution >= 0.6 is 11.3 Å². The molecule has 0 saturated carbocycles. The minimum atomic E-state index is -0.179. The van der Waals surface area contributed by atoms with Gasteiger partial charge in [0, 0.05) is 47.2 Å². The van der Waals surface area contributed by atoms with Crippen molar-refractivity contribution in [2.45, 2.75) is 12.5 Å². The molecule has 0 radical (unpaired) electrons. The lowest BCUT2D eigenvalue weighted by atomic mass is 9.83. The first-order chi connectivity index (χ1) is 13.2. The van der Waals surface area contributed by atoms with Gasteiger partial charge < -0.3 is 4.90 Å². The second-order valence-electron chi connectivity index (χ2n) is 7.05. The predicted octanol–water partition coefficient (Wildman–Crippen LogP) is 5.07. The molecule has 0 spiro atoms. The third kappa shape index (κ3) is 2.83. The van der Waals surface area contributed by atoms with E-state index in [1.54, 1.807) is 29.9 Å². The van der Waals surface area contributed by atoms with Crippen molar-refractivity contribution in [1.82, 2.24) is 14.9 Å². The zero-order valence-corrected chi connectivity index (χ0v) is 15.7. The van der Waals surface area contributed by atoms with Crippen LogP contribution in [-0.2, 0) is 6.54 Å². The van der Waals surface area contributed by atoms with E-state index in [-0.39, 0.29) is 11.7 Å². The molecule has 2 aromatic heterocycles. The topological polar surface area (TPSA) is 29.0 Å². The number of likely N-dealkylation sites (N-methyl/N-ethyl adjacent to an activating group) is 1. The molecule has 1 atom stereocenters. The van der Waals surface area contributed by atoms with Gasteiger partial charge in [0.25, 0.3) is 0 Å². The van der Waals surface area contributed by atoms with Crippen molar-refractivity contribution in [3.63, 3.8) is 0 Å². The van der Waals surface area contributed by atoms with Crippen molar-refractivity contribution >= 4 is 21.4 Å². The lowest BCUT2D eigenvalue weighted by molar-refractivity contribution is 0.289. The summed E-state index contributed by atoms with van der Waals surface area (Å²) in [7, 11) is 2.05. The molecule has 5 heteroatoms. The molecule has 3 heterocycles. The molecule has 0 saturated heterocycles. The zero-order valence-electron chi connectivity index (χ0n) is 14.9. The minimum absolute atomic E-state index is 0.163. The van der Waals surface area contributed by atoms with Gasteiger partial charge in [-0.05, 0) is 47.1 Å². The number of aromatic nitrogens is 2. The number of nitrogens with zero attached hydrogens (tertiary/aromatic N) is 3. The Kier molecular flexibility index (Phi) is 3.99. The number of fused-ring (bicyclic) bond motifs is 2. The first kappa shape index (κ1) is 16.5. The molecule has 1 unspecified atom stereocenters. The van der Waals surface area contributed by atoms with Crippen LogP contribution in [0.2, 0.25) is 0 Å². The van der Waals surface area contributed by atoms with Gasteiger partial charge in [-0.1, -0.05) is 18.2 Å². The van der Waals surface area contributed by atoms with E-state index in [1.165, 1.54) is 15.6 Å². The van der Waals surface area contributed by atoms with Crippen molar-refractivity contribution in [2.75, 3.05) is 13.6 Å². The second-order valence-corrected chi connectivity index (χ2v) is 8.00. The summed E-state index contributed by atoms with van der Waals surface area (Å²) < 4.78 is 16.7. The molecule has 0 aliphatic carbocycles. The normalized spacial score (nSPS) is 17.2. The van der Waals surface area contributed by atoms with Crippen LogP contribution in [0.5, 0.6) is 0 Å². The molecule has 4 aromatic rings. The van der Waals surface area contributed by atoms with Crippen LogP contribution in [0.3, 0.4) is 0 Å². The van der Waals surface area contributed by atoms with Gasteiger partial charge in [-0.2, -0.15) is 0 Å². The third-order valence-electron chi connectivity index (χ3n) is 5.30. The number of hydrogen-bond acceptors (Lipinski definition) is 4. The Balaban J connectivity index is 1.64. The van der Waals surface area contributed by atoms with E-state index < -0.39 is 0 Å². The third-order valence-corrected chi connectivity index (χ3v) is 6.18. The van der Waals surface area contributed by atoms with E-state index in [0.29, 0.717) is 17.8 Å². The number of halogens is 1. The Hall–Kier alpha value is -2.63. The van der Waals surface area contributed by atoms with Crippen LogP contribution in [0.4, 0.5) is 4.39 Å². The van der Waals surface area contributed by atoms with Gasteiger partial charge in [0.1, 0.15) is 5.82 Å². The minimum Gasteiger partial charge on any atom is -0.301 e. The highest BCUT2D eigenvalue weighted by Crippen LogP contribution is 2.38. The quantitative estimate of drug-likeness (QED) is 0.489. The molecule has 27 heavy (non-hydrogen) atoms. The molecular weight excluding hydrogens is 357 g/mol. The molecule has 0 bridgehead atoms. The van der Waals surface area contributed by atoms with Gasteiger partial charge in [-0.15, -0.1) is 11.3 Å². The van der Waals surface area contributed by atoms with Crippen molar-refractivity contribution in [2.24, 2.45) is 0 Å². The molecule has 1 aliphatic heterocycles. The molecule has 134 valence electrons. The molecule has 5 rings (SSSR count). The Morgan fingerprint density at radius 3 is 2.93 bits per heavy atom. The Labute approximate surface area is 161 Å². The number of rotatable bonds is 2. The first-order valence-electron chi connectivity index (χ1n) is 8.94. The highest BCUT2D eigenvalue weighted by Gasteiger charge is 2.28. The van der Waals surface area contributed by atoms with Crippen LogP contribution < -0.4 is 0 Å². The first-order valence-corrected chi connectivity index (χ1v) is 9.82. The lowest BCUT2D eigenvalue weighted by Gasteiger charge is -2.33. The fourth-order valence-corrected chi connectivity index (χ4v) is 4.81. The summed E-state index contributed by atoms with van der Waals surface area (Å²) in [4.78, 5) is 10.5. The van der Waals surface area contributed by atoms with Crippen molar-refractivity contribution in [3.8, 4) is 11.3 Å². The van der Waals surface area contributed by atoms with Crippen LogP contribution in [0.1, 0.15) is 22.6 Å². The van der Waals surface area contributed by atoms with Crippen LogP contribution in [0.25, 0.3) is 21.3 Å². The maximum absolute atomic E-state index is 15.4. The molecule has 1 aliphatic rings. The van der Waals surface area contributed by atoms with E-state index in [4.69, 9.17) is 0 Å². The van der Waals surface area contributed by atoms with E-state index in [1.807, 2.05) is 13.1 Å². The average Bonchev–Trinajstić information content (AvgIpc) is 3.17. The van der Waals surface area contributed by atoms with Crippen molar-refractivity contribution in [1.29, 1.82) is 0 Å². The number of thiophene rings is 1. The largest absolute Gasteiger partial charge is 0.301 e. The second kappa shape index (κ2) is 6.51. The van der Waals surface area contributed by atoms with Gasteiger partial charge in [-0.3, -0.25) is 9.97 Å². The molecule has 3 nitrogen and oxygen atoms in total. The highest BCUT2D eigenvalue weighted by molar-refractivity contribution is 7.17. The van der Waals surface area contributed by atoms with Crippen LogP contribution in [0, 0.1) is 5.82 Å². The van der Waals surface area contributed by atoms with Gasteiger partial charge in [-0.25, -0.2) is 4.39 Å². The summed E-state index contributed by atoms with van der Waals surface area (Å²) in [6.07, 6.45) is 4.81. The number of benzene rings is 2. The fourth-order valence-electron chi connectivity index (χ4n) is 3.98. The van der Waals surface area contributed by atoms with Gasteiger partial charge in [0.15, 0.2) is 0 Å². The summed E-state index contributed by atoms with van der Waals surface area (Å²) in [6.45, 7) is 1.49.